The second-order valence-electron chi connectivity index (χ2n) is 4.59. The summed E-state index contributed by atoms with van der Waals surface area (Å²) in [4.78, 5) is 19.5. The highest BCUT2D eigenvalue weighted by molar-refractivity contribution is 7.23. The summed E-state index contributed by atoms with van der Waals surface area (Å²) in [6.07, 6.45) is 2.03. The summed E-state index contributed by atoms with van der Waals surface area (Å²) in [5, 5.41) is 11.7. The smallest absolute Gasteiger partial charge is 0.273 e. The predicted octanol–water partition coefficient (Wildman–Crippen LogP) is 3.12. The Labute approximate surface area is 129 Å². The summed E-state index contributed by atoms with van der Waals surface area (Å²) < 4.78 is 0.711. The molecule has 0 radical (unpaired) electrons. The molecule has 2 aromatic heterocycles. The van der Waals surface area contributed by atoms with Crippen LogP contribution in [0.4, 0.5) is 0 Å². The third-order valence-corrected chi connectivity index (χ3v) is 5.34. The molecule has 0 spiro atoms. The van der Waals surface area contributed by atoms with E-state index < -0.39 is 0 Å². The molecule has 0 saturated heterocycles. The highest BCUT2D eigenvalue weighted by atomic mass is 35.5. The van der Waals surface area contributed by atoms with Crippen LogP contribution < -0.4 is 0 Å². The van der Waals surface area contributed by atoms with Gasteiger partial charge in [0, 0.05) is 18.0 Å². The molecule has 0 atom stereocenters. The number of hydrogen-bond acceptors (Lipinski definition) is 5. The van der Waals surface area contributed by atoms with Gasteiger partial charge >= 0.3 is 0 Å². The molecule has 3 rings (SSSR count). The lowest BCUT2D eigenvalue weighted by atomic mass is 10.3. The summed E-state index contributed by atoms with van der Waals surface area (Å²) in [5.74, 6) is -0.0910. The topological polar surface area (TPSA) is 53.4 Å². The van der Waals surface area contributed by atoms with Gasteiger partial charge in [0.05, 0.1) is 15.8 Å². The zero-order valence-corrected chi connectivity index (χ0v) is 13.0. The van der Waals surface area contributed by atoms with Crippen LogP contribution in [0, 0.1) is 0 Å². The zero-order valence-electron chi connectivity index (χ0n) is 10.6. The Morgan fingerprint density at radius 3 is 2.90 bits per heavy atom. The minimum Gasteiger partial charge on any atom is -0.395 e. The largest absolute Gasteiger partial charge is 0.395 e. The summed E-state index contributed by atoms with van der Waals surface area (Å²) in [6.45, 7) is 0.362. The number of hydrogen-bond donors (Lipinski definition) is 1. The number of amides is 1. The van der Waals surface area contributed by atoms with E-state index in [1.54, 1.807) is 10.3 Å². The molecule has 0 aliphatic heterocycles. The van der Waals surface area contributed by atoms with Crippen molar-refractivity contribution in [2.24, 2.45) is 0 Å². The average Bonchev–Trinajstić information content (AvgIpc) is 2.98. The van der Waals surface area contributed by atoms with Crippen molar-refractivity contribution < 1.29 is 9.90 Å². The van der Waals surface area contributed by atoms with Gasteiger partial charge in [0.15, 0.2) is 0 Å². The molecule has 1 aliphatic rings. The lowest BCUT2D eigenvalue weighted by Gasteiger charge is -2.19. The summed E-state index contributed by atoms with van der Waals surface area (Å²) in [6, 6.07) is 4.01. The maximum absolute atomic E-state index is 12.4. The normalized spacial score (nSPS) is 14.5. The van der Waals surface area contributed by atoms with Gasteiger partial charge in [-0.25, -0.2) is 4.98 Å². The molecule has 0 aromatic carbocycles. The molecule has 2 heterocycles. The Morgan fingerprint density at radius 1 is 1.50 bits per heavy atom. The van der Waals surface area contributed by atoms with Gasteiger partial charge in [0.1, 0.15) is 10.7 Å². The first-order valence-electron chi connectivity index (χ1n) is 6.32. The Morgan fingerprint density at radius 2 is 2.30 bits per heavy atom. The lowest BCUT2D eigenvalue weighted by molar-refractivity contribution is 0.0702. The minimum absolute atomic E-state index is 0.0141. The highest BCUT2D eigenvalue weighted by Gasteiger charge is 2.33. The molecule has 0 bridgehead atoms. The van der Waals surface area contributed by atoms with E-state index in [1.807, 2.05) is 12.1 Å². The molecule has 7 heteroatoms. The fraction of sp³-hybridized carbons (Fsp3) is 0.385. The Hall–Kier alpha value is -0.950. The third kappa shape index (κ3) is 2.88. The minimum atomic E-state index is -0.0910. The molecule has 4 nitrogen and oxygen atoms in total. The fourth-order valence-corrected chi connectivity index (χ4v) is 3.91. The van der Waals surface area contributed by atoms with Gasteiger partial charge in [-0.05, 0) is 25.0 Å². The van der Waals surface area contributed by atoms with Crippen molar-refractivity contribution in [1.82, 2.24) is 9.88 Å². The van der Waals surface area contributed by atoms with Gasteiger partial charge in [0.25, 0.3) is 5.91 Å². The quantitative estimate of drug-likeness (QED) is 0.917. The second kappa shape index (κ2) is 5.81. The van der Waals surface area contributed by atoms with Crippen molar-refractivity contribution in [3.05, 3.63) is 27.5 Å². The molecule has 2 aromatic rings. The third-order valence-electron chi connectivity index (χ3n) is 3.10. The summed E-state index contributed by atoms with van der Waals surface area (Å²) in [5.41, 5.74) is 0.454. The molecule has 106 valence electrons. The van der Waals surface area contributed by atoms with Crippen molar-refractivity contribution in [3.63, 3.8) is 0 Å². The summed E-state index contributed by atoms with van der Waals surface area (Å²) in [7, 11) is 0. The number of nitrogens with zero attached hydrogens (tertiary/aromatic N) is 2. The molecule has 1 amide bonds. The zero-order chi connectivity index (χ0) is 14.1. The summed E-state index contributed by atoms with van der Waals surface area (Å²) >= 11 is 8.81. The van der Waals surface area contributed by atoms with E-state index in [1.165, 1.54) is 22.7 Å². The van der Waals surface area contributed by atoms with Crippen LogP contribution in [0.15, 0.2) is 17.5 Å². The molecule has 1 fully saturated rings. The van der Waals surface area contributed by atoms with Crippen LogP contribution >= 0.6 is 34.3 Å². The predicted molar refractivity (Wildman–Crippen MR) is 81.6 cm³/mol. The van der Waals surface area contributed by atoms with Crippen molar-refractivity contribution >= 4 is 40.2 Å². The van der Waals surface area contributed by atoms with Gasteiger partial charge in [-0.2, -0.15) is 0 Å². The van der Waals surface area contributed by atoms with Gasteiger partial charge in [0.2, 0.25) is 0 Å². The van der Waals surface area contributed by atoms with Crippen LogP contribution in [0.3, 0.4) is 0 Å². The number of halogens is 1. The van der Waals surface area contributed by atoms with E-state index in [0.717, 1.165) is 22.7 Å². The second-order valence-corrected chi connectivity index (χ2v) is 7.17. The van der Waals surface area contributed by atoms with Crippen LogP contribution in [-0.2, 0) is 0 Å². The van der Waals surface area contributed by atoms with E-state index in [4.69, 9.17) is 16.7 Å². The monoisotopic (exact) mass is 328 g/mol. The SMILES string of the molecule is O=C(c1csc(-c2ccc(Cl)s2)n1)N(CCO)C1CC1. The first kappa shape index (κ1) is 14.0. The molecule has 1 N–H and O–H groups in total. The number of thiazole rings is 1. The van der Waals surface area contributed by atoms with Crippen LogP contribution in [0.1, 0.15) is 23.3 Å². The number of carbonyl (C=O) groups excluding carboxylic acids is 1. The lowest BCUT2D eigenvalue weighted by Crippen LogP contribution is -2.35. The van der Waals surface area contributed by atoms with Crippen molar-refractivity contribution in [1.29, 1.82) is 0 Å². The van der Waals surface area contributed by atoms with Gasteiger partial charge in [-0.3, -0.25) is 4.79 Å². The van der Waals surface area contributed by atoms with Crippen LogP contribution in [0.5, 0.6) is 0 Å². The van der Waals surface area contributed by atoms with Crippen molar-refractivity contribution in [2.45, 2.75) is 18.9 Å². The Bertz CT molecular complexity index is 621. The van der Waals surface area contributed by atoms with Crippen LogP contribution in [0.25, 0.3) is 9.88 Å². The molecular formula is C13H13ClN2O2S2. The fourth-order valence-electron chi connectivity index (χ4n) is 2.01. The Kier molecular flexibility index (Phi) is 4.07. The molecule has 1 saturated carbocycles. The Balaban J connectivity index is 1.80. The van der Waals surface area contributed by atoms with Gasteiger partial charge in [-0.15, -0.1) is 22.7 Å². The standard InChI is InChI=1S/C13H13ClN2O2S2/c14-11-4-3-10(20-11)12-15-9(7-19-12)13(18)16(5-6-17)8-1-2-8/h3-4,7-8,17H,1-2,5-6H2. The van der Waals surface area contributed by atoms with Crippen LogP contribution in [-0.4, -0.2) is 40.1 Å². The highest BCUT2D eigenvalue weighted by Crippen LogP contribution is 2.34. The van der Waals surface area contributed by atoms with Gasteiger partial charge < -0.3 is 10.0 Å². The molecule has 0 unspecified atom stereocenters. The number of thiophene rings is 1. The van der Waals surface area contributed by atoms with E-state index in [2.05, 4.69) is 4.98 Å². The molecular weight excluding hydrogens is 316 g/mol. The first-order chi connectivity index (χ1) is 9.69. The van der Waals surface area contributed by atoms with Crippen molar-refractivity contribution in [3.8, 4) is 9.88 Å². The van der Waals surface area contributed by atoms with Gasteiger partial charge in [-0.1, -0.05) is 11.6 Å². The van der Waals surface area contributed by atoms with Crippen LogP contribution in [0.2, 0.25) is 4.34 Å². The number of aliphatic hydroxyl groups is 1. The maximum atomic E-state index is 12.4. The van der Waals surface area contributed by atoms with E-state index in [-0.39, 0.29) is 18.6 Å². The number of carbonyl (C=O) groups is 1. The first-order valence-corrected chi connectivity index (χ1v) is 8.39. The molecule has 1 aliphatic carbocycles. The number of aromatic nitrogens is 1. The average molecular weight is 329 g/mol. The number of aliphatic hydroxyl groups excluding tert-OH is 1. The number of rotatable bonds is 5. The van der Waals surface area contributed by atoms with E-state index in [9.17, 15) is 4.79 Å². The maximum Gasteiger partial charge on any atom is 0.273 e. The van der Waals surface area contributed by atoms with E-state index in [0.29, 0.717) is 16.6 Å². The van der Waals surface area contributed by atoms with Crippen molar-refractivity contribution in [2.75, 3.05) is 13.2 Å². The van der Waals surface area contributed by atoms with E-state index >= 15 is 0 Å². The molecule has 20 heavy (non-hydrogen) atoms.